The first-order valence-electron chi connectivity index (χ1n) is 9.61. The standard InChI is InChI=1S/C20H30N6O.HI/c1-3-21-20(23-14-19-16-25(2)11-12-27-19)22-13-17-7-4-5-8-18(17)15-26-10-6-9-24-26;/h4-10,19H,3,11-16H2,1-2H3,(H2,21,22,23);1H. The average Bonchev–Trinajstić information content (AvgIpc) is 3.18. The second kappa shape index (κ2) is 12.0. The number of aliphatic imine (C=N–C) groups is 1. The SMILES string of the molecule is CCNC(=NCc1ccccc1Cn1cccn1)NCC1CN(C)CCO1.I. The Hall–Kier alpha value is -1.65. The monoisotopic (exact) mass is 498 g/mol. The molecule has 3 rings (SSSR count). The fourth-order valence-corrected chi connectivity index (χ4v) is 3.14. The molecule has 154 valence electrons. The van der Waals surface area contributed by atoms with Gasteiger partial charge in [-0.1, -0.05) is 24.3 Å². The minimum absolute atomic E-state index is 0. The largest absolute Gasteiger partial charge is 0.374 e. The summed E-state index contributed by atoms with van der Waals surface area (Å²) in [5.74, 6) is 0.822. The van der Waals surface area contributed by atoms with Gasteiger partial charge in [-0.25, -0.2) is 4.99 Å². The zero-order valence-corrected chi connectivity index (χ0v) is 19.0. The van der Waals surface area contributed by atoms with Crippen molar-refractivity contribution in [2.75, 3.05) is 39.8 Å². The Morgan fingerprint density at radius 1 is 1.25 bits per heavy atom. The van der Waals surface area contributed by atoms with E-state index in [1.54, 1.807) is 6.20 Å². The Balaban J connectivity index is 0.00000280. The summed E-state index contributed by atoms with van der Waals surface area (Å²) in [5.41, 5.74) is 2.44. The van der Waals surface area contributed by atoms with E-state index in [-0.39, 0.29) is 30.1 Å². The van der Waals surface area contributed by atoms with Gasteiger partial charge in [0.25, 0.3) is 0 Å². The number of nitrogens with zero attached hydrogens (tertiary/aromatic N) is 4. The molecule has 1 aromatic heterocycles. The molecule has 2 N–H and O–H groups in total. The maximum atomic E-state index is 5.82. The molecule has 7 nitrogen and oxygen atoms in total. The van der Waals surface area contributed by atoms with Crippen LogP contribution in [0.2, 0.25) is 0 Å². The molecule has 8 heteroatoms. The van der Waals surface area contributed by atoms with E-state index in [1.807, 2.05) is 16.9 Å². The number of ether oxygens (including phenoxy) is 1. The van der Waals surface area contributed by atoms with E-state index >= 15 is 0 Å². The van der Waals surface area contributed by atoms with Gasteiger partial charge in [0.05, 0.1) is 25.8 Å². The van der Waals surface area contributed by atoms with Crippen LogP contribution in [0.15, 0.2) is 47.7 Å². The summed E-state index contributed by atoms with van der Waals surface area (Å²) in [4.78, 5) is 7.07. The summed E-state index contributed by atoms with van der Waals surface area (Å²) in [5, 5.41) is 11.0. The van der Waals surface area contributed by atoms with Crippen molar-refractivity contribution in [3.05, 3.63) is 53.9 Å². The molecule has 1 atom stereocenters. The second-order valence-corrected chi connectivity index (χ2v) is 6.80. The minimum Gasteiger partial charge on any atom is -0.374 e. The molecule has 1 aromatic carbocycles. The smallest absolute Gasteiger partial charge is 0.191 e. The molecule has 0 spiro atoms. The Kier molecular flexibility index (Phi) is 9.72. The van der Waals surface area contributed by atoms with Crippen LogP contribution in [-0.2, 0) is 17.8 Å². The van der Waals surface area contributed by atoms with Crippen molar-refractivity contribution in [1.29, 1.82) is 0 Å². The molecule has 0 amide bonds. The number of hydrogen-bond acceptors (Lipinski definition) is 4. The topological polar surface area (TPSA) is 66.7 Å². The number of hydrogen-bond donors (Lipinski definition) is 2. The van der Waals surface area contributed by atoms with Crippen LogP contribution in [-0.4, -0.2) is 66.6 Å². The number of morpholine rings is 1. The molecule has 0 saturated carbocycles. The van der Waals surface area contributed by atoms with Crippen LogP contribution in [0, 0.1) is 0 Å². The Labute approximate surface area is 184 Å². The number of aromatic nitrogens is 2. The fraction of sp³-hybridized carbons (Fsp3) is 0.500. The highest BCUT2D eigenvalue weighted by molar-refractivity contribution is 14.0. The first kappa shape index (κ1) is 22.6. The second-order valence-electron chi connectivity index (χ2n) is 6.80. The molecule has 2 heterocycles. The van der Waals surface area contributed by atoms with E-state index in [0.717, 1.165) is 45.3 Å². The number of benzene rings is 1. The zero-order chi connectivity index (χ0) is 18.9. The van der Waals surface area contributed by atoms with E-state index in [1.165, 1.54) is 11.1 Å². The van der Waals surface area contributed by atoms with Crippen LogP contribution in [0.25, 0.3) is 0 Å². The molecule has 28 heavy (non-hydrogen) atoms. The number of likely N-dealkylation sites (N-methyl/N-ethyl adjacent to an activating group) is 1. The van der Waals surface area contributed by atoms with Crippen LogP contribution >= 0.6 is 24.0 Å². The number of rotatable bonds is 7. The predicted molar refractivity (Wildman–Crippen MR) is 123 cm³/mol. The van der Waals surface area contributed by atoms with Crippen molar-refractivity contribution in [2.45, 2.75) is 26.1 Å². The molecule has 0 radical (unpaired) electrons. The average molecular weight is 498 g/mol. The highest BCUT2D eigenvalue weighted by atomic mass is 127. The van der Waals surface area contributed by atoms with Crippen LogP contribution < -0.4 is 10.6 Å². The van der Waals surface area contributed by atoms with Gasteiger partial charge in [0.1, 0.15) is 0 Å². The minimum atomic E-state index is 0. The summed E-state index contributed by atoms with van der Waals surface area (Å²) in [6, 6.07) is 10.3. The first-order valence-corrected chi connectivity index (χ1v) is 9.61. The number of halogens is 1. The van der Waals surface area contributed by atoms with Crippen LogP contribution in [0.3, 0.4) is 0 Å². The molecular formula is C20H31IN6O. The molecule has 1 saturated heterocycles. The molecule has 1 aliphatic heterocycles. The Morgan fingerprint density at radius 2 is 2.07 bits per heavy atom. The van der Waals surface area contributed by atoms with Gasteiger partial charge >= 0.3 is 0 Å². The lowest BCUT2D eigenvalue weighted by Gasteiger charge is -2.30. The normalized spacial score (nSPS) is 17.8. The maximum Gasteiger partial charge on any atom is 0.191 e. The lowest BCUT2D eigenvalue weighted by molar-refractivity contribution is -0.0161. The van der Waals surface area contributed by atoms with Crippen molar-refractivity contribution < 1.29 is 4.74 Å². The molecule has 1 fully saturated rings. The third-order valence-electron chi connectivity index (χ3n) is 4.60. The van der Waals surface area contributed by atoms with Crippen LogP contribution in [0.5, 0.6) is 0 Å². The van der Waals surface area contributed by atoms with Gasteiger partial charge in [0.15, 0.2) is 5.96 Å². The Bertz CT molecular complexity index is 721. The van der Waals surface area contributed by atoms with Crippen molar-refractivity contribution in [1.82, 2.24) is 25.3 Å². The summed E-state index contributed by atoms with van der Waals surface area (Å²) in [6.07, 6.45) is 3.98. The van der Waals surface area contributed by atoms with Gasteiger partial charge in [-0.2, -0.15) is 5.10 Å². The van der Waals surface area contributed by atoms with Crippen molar-refractivity contribution in [2.24, 2.45) is 4.99 Å². The molecule has 1 unspecified atom stereocenters. The third kappa shape index (κ3) is 7.06. The first-order chi connectivity index (χ1) is 13.2. The Morgan fingerprint density at radius 3 is 2.79 bits per heavy atom. The molecule has 1 aliphatic rings. The van der Waals surface area contributed by atoms with Gasteiger partial charge in [0, 0.05) is 38.6 Å². The zero-order valence-electron chi connectivity index (χ0n) is 16.7. The highest BCUT2D eigenvalue weighted by Crippen LogP contribution is 2.11. The van der Waals surface area contributed by atoms with Gasteiger partial charge < -0.3 is 20.3 Å². The van der Waals surface area contributed by atoms with E-state index < -0.39 is 0 Å². The summed E-state index contributed by atoms with van der Waals surface area (Å²) in [7, 11) is 2.13. The lowest BCUT2D eigenvalue weighted by Crippen LogP contribution is -2.48. The summed E-state index contributed by atoms with van der Waals surface area (Å²) >= 11 is 0. The van der Waals surface area contributed by atoms with E-state index in [4.69, 9.17) is 9.73 Å². The van der Waals surface area contributed by atoms with Crippen LogP contribution in [0.1, 0.15) is 18.1 Å². The summed E-state index contributed by atoms with van der Waals surface area (Å²) < 4.78 is 7.75. The van der Waals surface area contributed by atoms with Crippen molar-refractivity contribution >= 4 is 29.9 Å². The van der Waals surface area contributed by atoms with E-state index in [9.17, 15) is 0 Å². The van der Waals surface area contributed by atoms with Crippen molar-refractivity contribution in [3.63, 3.8) is 0 Å². The van der Waals surface area contributed by atoms with Gasteiger partial charge in [0.2, 0.25) is 0 Å². The van der Waals surface area contributed by atoms with Gasteiger partial charge in [-0.3, -0.25) is 4.68 Å². The van der Waals surface area contributed by atoms with E-state index in [0.29, 0.717) is 6.54 Å². The van der Waals surface area contributed by atoms with Crippen LogP contribution in [0.4, 0.5) is 0 Å². The lowest BCUT2D eigenvalue weighted by atomic mass is 10.1. The quantitative estimate of drug-likeness (QED) is 0.347. The molecule has 0 aliphatic carbocycles. The predicted octanol–water partition coefficient (Wildman–Crippen LogP) is 1.94. The van der Waals surface area contributed by atoms with Crippen molar-refractivity contribution in [3.8, 4) is 0 Å². The fourth-order valence-electron chi connectivity index (χ4n) is 3.14. The maximum absolute atomic E-state index is 5.82. The molecule has 0 bridgehead atoms. The molecule has 2 aromatic rings. The number of nitrogens with one attached hydrogen (secondary N) is 2. The highest BCUT2D eigenvalue weighted by Gasteiger charge is 2.17. The van der Waals surface area contributed by atoms with E-state index in [2.05, 4.69) is 58.9 Å². The number of guanidine groups is 1. The molecular weight excluding hydrogens is 467 g/mol. The summed E-state index contributed by atoms with van der Waals surface area (Å²) in [6.45, 7) is 7.77. The third-order valence-corrected chi connectivity index (χ3v) is 4.60. The van der Waals surface area contributed by atoms with Gasteiger partial charge in [-0.05, 0) is 31.2 Å². The van der Waals surface area contributed by atoms with Gasteiger partial charge in [-0.15, -0.1) is 24.0 Å².